The number of rotatable bonds is 6. The molecule has 0 radical (unpaired) electrons. The van der Waals surface area contributed by atoms with Crippen LogP contribution in [-0.2, 0) is 16.0 Å². The Bertz CT molecular complexity index is 580. The second-order valence-electron chi connectivity index (χ2n) is 7.00. The molecule has 0 unspecified atom stereocenters. The molecule has 24 heavy (non-hydrogen) atoms. The van der Waals surface area contributed by atoms with Crippen molar-refractivity contribution >= 4 is 11.8 Å². The number of nitrogens with one attached hydrogen (secondary N) is 1. The van der Waals surface area contributed by atoms with Crippen molar-refractivity contribution in [3.8, 4) is 0 Å². The van der Waals surface area contributed by atoms with Gasteiger partial charge in [0.25, 0.3) is 0 Å². The van der Waals surface area contributed by atoms with E-state index in [1.54, 1.807) is 0 Å². The van der Waals surface area contributed by atoms with Gasteiger partial charge in [0.1, 0.15) is 0 Å². The van der Waals surface area contributed by atoms with Gasteiger partial charge >= 0.3 is 0 Å². The molecule has 0 aromatic carbocycles. The number of nitrogens with zero attached hydrogens (tertiary/aromatic N) is 2. The first-order chi connectivity index (χ1) is 11.6. The van der Waals surface area contributed by atoms with E-state index in [0.29, 0.717) is 18.2 Å². The zero-order valence-electron chi connectivity index (χ0n) is 14.0. The highest BCUT2D eigenvalue weighted by molar-refractivity contribution is 5.80. The number of aromatic nitrogens is 2. The van der Waals surface area contributed by atoms with E-state index in [-0.39, 0.29) is 30.2 Å². The van der Waals surface area contributed by atoms with Crippen molar-refractivity contribution in [3.63, 3.8) is 0 Å². The molecule has 2 aliphatic rings. The number of aryl methyl sites for hydroxylation is 1. The predicted octanol–water partition coefficient (Wildman–Crippen LogP) is 1.82. The Morgan fingerprint density at radius 3 is 2.58 bits per heavy atom. The zero-order valence-corrected chi connectivity index (χ0v) is 14.0. The fraction of sp³-hybridized carbons (Fsp3) is 0.765. The standard InChI is InChI=1S/C17H26N4O3/c18-16(23)12-7-3-4-8-13(12)19-14(22)9-10-15-20-17(21-24-15)11-5-1-2-6-11/h11-13H,1-10H2,(H2,18,23)(H,19,22)/t12-,13-/m1/s1. The van der Waals surface area contributed by atoms with Gasteiger partial charge < -0.3 is 15.6 Å². The molecule has 3 rings (SSSR count). The summed E-state index contributed by atoms with van der Waals surface area (Å²) >= 11 is 0. The van der Waals surface area contributed by atoms with Gasteiger partial charge in [-0.2, -0.15) is 4.98 Å². The lowest BCUT2D eigenvalue weighted by atomic mass is 9.84. The van der Waals surface area contributed by atoms with Crippen LogP contribution in [-0.4, -0.2) is 28.0 Å². The van der Waals surface area contributed by atoms with Gasteiger partial charge in [0.2, 0.25) is 17.7 Å². The SMILES string of the molecule is NC(=O)[C@@H]1CCCC[C@H]1NC(=O)CCc1nc(C2CCCC2)no1. The average Bonchev–Trinajstić information content (AvgIpc) is 3.24. The van der Waals surface area contributed by atoms with Gasteiger partial charge in [0.05, 0.1) is 5.92 Å². The number of nitrogens with two attached hydrogens (primary N) is 1. The quantitative estimate of drug-likeness (QED) is 0.824. The second-order valence-corrected chi connectivity index (χ2v) is 7.00. The minimum absolute atomic E-state index is 0.0891. The molecule has 2 atom stereocenters. The smallest absolute Gasteiger partial charge is 0.227 e. The highest BCUT2D eigenvalue weighted by atomic mass is 16.5. The van der Waals surface area contributed by atoms with Crippen molar-refractivity contribution in [2.24, 2.45) is 11.7 Å². The molecule has 0 saturated heterocycles. The molecule has 2 amide bonds. The minimum Gasteiger partial charge on any atom is -0.369 e. The van der Waals surface area contributed by atoms with E-state index in [9.17, 15) is 9.59 Å². The summed E-state index contributed by atoms with van der Waals surface area (Å²) in [5.41, 5.74) is 5.44. The van der Waals surface area contributed by atoms with Crippen molar-refractivity contribution in [1.29, 1.82) is 0 Å². The van der Waals surface area contributed by atoms with Gasteiger partial charge in [0.15, 0.2) is 5.82 Å². The molecular formula is C17H26N4O3. The fourth-order valence-corrected chi connectivity index (χ4v) is 3.86. The summed E-state index contributed by atoms with van der Waals surface area (Å²) in [5.74, 6) is 1.05. The molecule has 2 fully saturated rings. The first-order valence-corrected chi connectivity index (χ1v) is 9.04. The highest BCUT2D eigenvalue weighted by Crippen LogP contribution is 2.32. The van der Waals surface area contributed by atoms with Crippen LogP contribution in [0.2, 0.25) is 0 Å². The summed E-state index contributed by atoms with van der Waals surface area (Å²) < 4.78 is 5.26. The van der Waals surface area contributed by atoms with E-state index in [1.807, 2.05) is 0 Å². The predicted molar refractivity (Wildman–Crippen MR) is 86.9 cm³/mol. The number of hydrogen-bond donors (Lipinski definition) is 2. The van der Waals surface area contributed by atoms with E-state index < -0.39 is 0 Å². The summed E-state index contributed by atoms with van der Waals surface area (Å²) in [6, 6.07) is -0.138. The van der Waals surface area contributed by atoms with Crippen LogP contribution in [0, 0.1) is 5.92 Å². The van der Waals surface area contributed by atoms with Crippen LogP contribution < -0.4 is 11.1 Å². The molecule has 7 nitrogen and oxygen atoms in total. The summed E-state index contributed by atoms with van der Waals surface area (Å²) in [5, 5.41) is 7.00. The van der Waals surface area contributed by atoms with Crippen LogP contribution in [0.4, 0.5) is 0 Å². The maximum Gasteiger partial charge on any atom is 0.227 e. The molecule has 2 saturated carbocycles. The normalized spacial score (nSPS) is 24.8. The molecule has 3 N–H and O–H groups in total. The first kappa shape index (κ1) is 16.9. The summed E-state index contributed by atoms with van der Waals surface area (Å²) in [6.45, 7) is 0. The van der Waals surface area contributed by atoms with Crippen LogP contribution in [0.1, 0.15) is 75.4 Å². The molecule has 1 aromatic rings. The van der Waals surface area contributed by atoms with Crippen LogP contribution in [0.5, 0.6) is 0 Å². The lowest BCUT2D eigenvalue weighted by Gasteiger charge is -2.29. The minimum atomic E-state index is -0.321. The topological polar surface area (TPSA) is 111 Å². The molecule has 132 valence electrons. The number of hydrogen-bond acceptors (Lipinski definition) is 5. The van der Waals surface area contributed by atoms with E-state index in [2.05, 4.69) is 15.5 Å². The number of amides is 2. The number of carbonyl (C=O) groups excluding carboxylic acids is 2. The highest BCUT2D eigenvalue weighted by Gasteiger charge is 2.30. The summed E-state index contributed by atoms with van der Waals surface area (Å²) in [7, 11) is 0. The third-order valence-corrected chi connectivity index (χ3v) is 5.25. The van der Waals surface area contributed by atoms with Crippen LogP contribution >= 0.6 is 0 Å². The van der Waals surface area contributed by atoms with Gasteiger partial charge in [-0.15, -0.1) is 0 Å². The van der Waals surface area contributed by atoms with Crippen molar-refractivity contribution in [2.45, 2.75) is 76.2 Å². The van der Waals surface area contributed by atoms with E-state index in [4.69, 9.17) is 10.3 Å². The lowest BCUT2D eigenvalue weighted by molar-refractivity contribution is -0.126. The monoisotopic (exact) mass is 334 g/mol. The maximum absolute atomic E-state index is 12.2. The third kappa shape index (κ3) is 4.13. The molecule has 0 spiro atoms. The zero-order chi connectivity index (χ0) is 16.9. The lowest BCUT2D eigenvalue weighted by Crippen LogP contribution is -2.47. The summed E-state index contributed by atoms with van der Waals surface area (Å²) in [6.07, 6.45) is 8.98. The first-order valence-electron chi connectivity index (χ1n) is 9.04. The molecule has 1 aromatic heterocycles. The number of primary amides is 1. The van der Waals surface area contributed by atoms with Crippen LogP contribution in [0.15, 0.2) is 4.52 Å². The van der Waals surface area contributed by atoms with E-state index in [1.165, 1.54) is 12.8 Å². The van der Waals surface area contributed by atoms with Crippen LogP contribution in [0.25, 0.3) is 0 Å². The molecular weight excluding hydrogens is 308 g/mol. The molecule has 2 aliphatic carbocycles. The second kappa shape index (κ2) is 7.77. The van der Waals surface area contributed by atoms with Crippen molar-refractivity contribution in [1.82, 2.24) is 15.5 Å². The largest absolute Gasteiger partial charge is 0.369 e. The van der Waals surface area contributed by atoms with Gasteiger partial charge in [0, 0.05) is 24.8 Å². The Hall–Kier alpha value is -1.92. The van der Waals surface area contributed by atoms with E-state index in [0.717, 1.165) is 44.3 Å². The Morgan fingerprint density at radius 1 is 1.12 bits per heavy atom. The fourth-order valence-electron chi connectivity index (χ4n) is 3.86. The molecule has 0 aliphatic heterocycles. The maximum atomic E-state index is 12.2. The Balaban J connectivity index is 1.47. The third-order valence-electron chi connectivity index (χ3n) is 5.25. The van der Waals surface area contributed by atoms with Gasteiger partial charge in [-0.05, 0) is 25.7 Å². The van der Waals surface area contributed by atoms with Crippen molar-refractivity contribution < 1.29 is 14.1 Å². The Morgan fingerprint density at radius 2 is 1.83 bits per heavy atom. The van der Waals surface area contributed by atoms with E-state index >= 15 is 0 Å². The molecule has 0 bridgehead atoms. The number of carbonyl (C=O) groups is 2. The Labute approximate surface area is 141 Å². The van der Waals surface area contributed by atoms with Crippen LogP contribution in [0.3, 0.4) is 0 Å². The molecule has 1 heterocycles. The molecule has 7 heteroatoms. The Kier molecular flexibility index (Phi) is 5.48. The van der Waals surface area contributed by atoms with Gasteiger partial charge in [-0.25, -0.2) is 0 Å². The summed E-state index contributed by atoms with van der Waals surface area (Å²) in [4.78, 5) is 28.1. The van der Waals surface area contributed by atoms with Crippen molar-refractivity contribution in [2.75, 3.05) is 0 Å². The van der Waals surface area contributed by atoms with Gasteiger partial charge in [-0.3, -0.25) is 9.59 Å². The van der Waals surface area contributed by atoms with Crippen molar-refractivity contribution in [3.05, 3.63) is 11.7 Å². The van der Waals surface area contributed by atoms with Gasteiger partial charge in [-0.1, -0.05) is 30.8 Å². The average molecular weight is 334 g/mol.